The van der Waals surface area contributed by atoms with E-state index < -0.39 is 28.4 Å². The van der Waals surface area contributed by atoms with Gasteiger partial charge in [0.1, 0.15) is 11.4 Å². The van der Waals surface area contributed by atoms with Gasteiger partial charge in [0.2, 0.25) is 5.91 Å². The molecule has 0 radical (unpaired) electrons. The van der Waals surface area contributed by atoms with Crippen LogP contribution in [0.4, 0.5) is 5.69 Å². The molecular weight excluding hydrogens is 282 g/mol. The summed E-state index contributed by atoms with van der Waals surface area (Å²) >= 11 is 0. The summed E-state index contributed by atoms with van der Waals surface area (Å²) in [5, 5.41) is 2.54. The molecule has 7 nitrogen and oxygen atoms in total. The molecule has 1 aliphatic rings. The topological polar surface area (TPSA) is 110 Å². The molecule has 0 aliphatic carbocycles. The average molecular weight is 297 g/mol. The number of sulfonamides is 1. The highest BCUT2D eigenvalue weighted by Crippen LogP contribution is 2.31. The lowest BCUT2D eigenvalue weighted by atomic mass is 10.2. The molecule has 20 heavy (non-hydrogen) atoms. The second-order valence-corrected chi connectivity index (χ2v) is 6.63. The highest BCUT2D eigenvalue weighted by Gasteiger charge is 2.42. The standard InChI is InChI=1S/C12H15N3O4S/c1-7(2)14-11(16)6-15-12(17)9-5-8(13)3-4-10(9)20(15,18)19/h3-5,7H,6,13H2,1-2H3,(H,14,16). The van der Waals surface area contributed by atoms with Gasteiger partial charge in [-0.05, 0) is 32.0 Å². The lowest BCUT2D eigenvalue weighted by molar-refractivity contribution is -0.121. The lowest BCUT2D eigenvalue weighted by Gasteiger charge is -2.15. The van der Waals surface area contributed by atoms with Crippen LogP contribution in [0.2, 0.25) is 0 Å². The fourth-order valence-electron chi connectivity index (χ4n) is 1.96. The van der Waals surface area contributed by atoms with Gasteiger partial charge in [-0.1, -0.05) is 0 Å². The molecule has 1 aromatic rings. The summed E-state index contributed by atoms with van der Waals surface area (Å²) in [4.78, 5) is 23.6. The number of anilines is 1. The van der Waals surface area contributed by atoms with Crippen molar-refractivity contribution in [3.05, 3.63) is 23.8 Å². The molecule has 1 heterocycles. The number of carbonyl (C=O) groups is 2. The first-order chi connectivity index (χ1) is 9.23. The van der Waals surface area contributed by atoms with Crippen LogP contribution < -0.4 is 11.1 Å². The van der Waals surface area contributed by atoms with Crippen molar-refractivity contribution in [1.82, 2.24) is 9.62 Å². The van der Waals surface area contributed by atoms with Crippen molar-refractivity contribution in [3.63, 3.8) is 0 Å². The third-order valence-corrected chi connectivity index (χ3v) is 4.55. The van der Waals surface area contributed by atoms with Crippen LogP contribution in [-0.2, 0) is 14.8 Å². The Labute approximate surface area is 116 Å². The molecule has 2 rings (SSSR count). The molecule has 0 spiro atoms. The summed E-state index contributed by atoms with van der Waals surface area (Å²) in [7, 11) is -3.98. The van der Waals surface area contributed by atoms with Gasteiger partial charge in [0.05, 0.1) is 5.56 Å². The third kappa shape index (κ3) is 2.34. The highest BCUT2D eigenvalue weighted by atomic mass is 32.2. The lowest BCUT2D eigenvalue weighted by Crippen LogP contribution is -2.42. The van der Waals surface area contributed by atoms with E-state index in [9.17, 15) is 18.0 Å². The summed E-state index contributed by atoms with van der Waals surface area (Å²) in [6.45, 7) is 2.95. The summed E-state index contributed by atoms with van der Waals surface area (Å²) in [6.07, 6.45) is 0. The van der Waals surface area contributed by atoms with Crippen molar-refractivity contribution in [3.8, 4) is 0 Å². The molecule has 1 aliphatic heterocycles. The Kier molecular flexibility index (Phi) is 3.43. The summed E-state index contributed by atoms with van der Waals surface area (Å²) in [6, 6.07) is 3.84. The zero-order chi connectivity index (χ0) is 15.1. The number of nitrogens with one attached hydrogen (secondary N) is 1. The van der Waals surface area contributed by atoms with E-state index >= 15 is 0 Å². The minimum atomic E-state index is -3.98. The largest absolute Gasteiger partial charge is 0.399 e. The number of rotatable bonds is 3. The average Bonchev–Trinajstić information content (AvgIpc) is 2.49. The molecule has 0 atom stereocenters. The van der Waals surface area contributed by atoms with Gasteiger partial charge in [0.25, 0.3) is 15.9 Å². The van der Waals surface area contributed by atoms with E-state index in [1.54, 1.807) is 13.8 Å². The maximum Gasteiger partial charge on any atom is 0.269 e. The van der Waals surface area contributed by atoms with E-state index in [4.69, 9.17) is 5.73 Å². The van der Waals surface area contributed by atoms with Crippen LogP contribution in [0.5, 0.6) is 0 Å². The van der Waals surface area contributed by atoms with Crippen LogP contribution in [-0.4, -0.2) is 37.1 Å². The van der Waals surface area contributed by atoms with E-state index in [0.29, 0.717) is 9.99 Å². The van der Waals surface area contributed by atoms with E-state index in [1.165, 1.54) is 18.2 Å². The first-order valence-corrected chi connectivity index (χ1v) is 7.43. The Hall–Kier alpha value is -2.09. The predicted molar refractivity (Wildman–Crippen MR) is 72.4 cm³/mol. The molecule has 8 heteroatoms. The fourth-order valence-corrected chi connectivity index (χ4v) is 3.46. The molecule has 108 valence electrons. The number of nitrogens with two attached hydrogens (primary N) is 1. The SMILES string of the molecule is CC(C)NC(=O)CN1C(=O)c2cc(N)ccc2S1(=O)=O. The zero-order valence-corrected chi connectivity index (χ0v) is 11.9. The first kappa shape index (κ1) is 14.3. The predicted octanol–water partition coefficient (Wildman–Crippen LogP) is -0.0621. The summed E-state index contributed by atoms with van der Waals surface area (Å²) in [5.41, 5.74) is 5.84. The molecule has 0 saturated carbocycles. The van der Waals surface area contributed by atoms with E-state index in [1.807, 2.05) is 0 Å². The monoisotopic (exact) mass is 297 g/mol. The fraction of sp³-hybridized carbons (Fsp3) is 0.333. The van der Waals surface area contributed by atoms with Crippen molar-refractivity contribution in [2.45, 2.75) is 24.8 Å². The molecule has 0 aromatic heterocycles. The summed E-state index contributed by atoms with van der Waals surface area (Å²) < 4.78 is 25.0. The second kappa shape index (κ2) is 4.78. The number of benzene rings is 1. The van der Waals surface area contributed by atoms with Gasteiger partial charge in [-0.15, -0.1) is 0 Å². The Morgan fingerprint density at radius 3 is 2.65 bits per heavy atom. The van der Waals surface area contributed by atoms with Crippen LogP contribution in [0, 0.1) is 0 Å². The quantitative estimate of drug-likeness (QED) is 0.759. The molecule has 3 N–H and O–H groups in total. The zero-order valence-electron chi connectivity index (χ0n) is 11.1. The van der Waals surface area contributed by atoms with E-state index in [-0.39, 0.29) is 16.5 Å². The molecule has 0 fully saturated rings. The van der Waals surface area contributed by atoms with Crippen LogP contribution in [0.15, 0.2) is 23.1 Å². The Balaban J connectivity index is 2.35. The second-order valence-electron chi connectivity index (χ2n) is 4.79. The van der Waals surface area contributed by atoms with Crippen molar-refractivity contribution in [1.29, 1.82) is 0 Å². The molecule has 0 saturated heterocycles. The Bertz CT molecular complexity index is 682. The molecule has 1 aromatic carbocycles. The third-order valence-electron chi connectivity index (χ3n) is 2.77. The number of nitrogens with zero attached hydrogens (tertiary/aromatic N) is 1. The van der Waals surface area contributed by atoms with Crippen molar-refractivity contribution in [2.75, 3.05) is 12.3 Å². The molecule has 0 unspecified atom stereocenters. The maximum absolute atomic E-state index is 12.2. The van der Waals surface area contributed by atoms with Gasteiger partial charge in [-0.25, -0.2) is 12.7 Å². The minimum absolute atomic E-state index is 0.00217. The molecule has 2 amide bonds. The van der Waals surface area contributed by atoms with Gasteiger partial charge in [0, 0.05) is 11.7 Å². The van der Waals surface area contributed by atoms with Crippen molar-refractivity contribution in [2.24, 2.45) is 0 Å². The van der Waals surface area contributed by atoms with Gasteiger partial charge >= 0.3 is 0 Å². The van der Waals surface area contributed by atoms with Gasteiger partial charge in [-0.2, -0.15) is 0 Å². The van der Waals surface area contributed by atoms with Crippen molar-refractivity contribution < 1.29 is 18.0 Å². The number of amides is 2. The van der Waals surface area contributed by atoms with Crippen LogP contribution >= 0.6 is 0 Å². The Morgan fingerprint density at radius 2 is 2.05 bits per heavy atom. The van der Waals surface area contributed by atoms with E-state index in [0.717, 1.165) is 0 Å². The van der Waals surface area contributed by atoms with Crippen molar-refractivity contribution >= 4 is 27.5 Å². The summed E-state index contributed by atoms with van der Waals surface area (Å²) in [5.74, 6) is -1.26. The van der Waals surface area contributed by atoms with Gasteiger partial charge in [0.15, 0.2) is 0 Å². The number of fused-ring (bicyclic) bond motifs is 1. The van der Waals surface area contributed by atoms with Gasteiger partial charge in [-0.3, -0.25) is 9.59 Å². The first-order valence-electron chi connectivity index (χ1n) is 5.99. The number of carbonyl (C=O) groups excluding carboxylic acids is 2. The number of hydrogen-bond donors (Lipinski definition) is 2. The number of nitrogen functional groups attached to an aromatic ring is 1. The van der Waals surface area contributed by atoms with Crippen LogP contribution in [0.25, 0.3) is 0 Å². The number of hydrogen-bond acceptors (Lipinski definition) is 5. The molecular formula is C12H15N3O4S. The van der Waals surface area contributed by atoms with Gasteiger partial charge < -0.3 is 11.1 Å². The molecule has 0 bridgehead atoms. The van der Waals surface area contributed by atoms with Crippen LogP contribution in [0.3, 0.4) is 0 Å². The highest BCUT2D eigenvalue weighted by molar-refractivity contribution is 7.90. The Morgan fingerprint density at radius 1 is 1.40 bits per heavy atom. The van der Waals surface area contributed by atoms with Crippen LogP contribution in [0.1, 0.15) is 24.2 Å². The van der Waals surface area contributed by atoms with E-state index in [2.05, 4.69) is 5.32 Å². The normalized spacial score (nSPS) is 16.4. The smallest absolute Gasteiger partial charge is 0.269 e. The maximum atomic E-state index is 12.2. The minimum Gasteiger partial charge on any atom is -0.399 e.